The Hall–Kier alpha value is -2.02. The standard InChI is InChI=1S/C15H18FN3O2S/c1-9(2)6-14-18-19-15(22-14)17-8-12(20)10-4-5-13(21-3)11(16)7-10/h4-5,7,9H,6,8H2,1-3H3,(H,17,19). The fourth-order valence-electron chi connectivity index (χ4n) is 1.85. The number of nitrogens with one attached hydrogen (secondary N) is 1. The van der Waals surface area contributed by atoms with Gasteiger partial charge >= 0.3 is 0 Å². The van der Waals surface area contributed by atoms with Crippen LogP contribution in [0.5, 0.6) is 5.75 Å². The molecule has 118 valence electrons. The molecule has 1 heterocycles. The minimum atomic E-state index is -0.552. The van der Waals surface area contributed by atoms with Crippen LogP contribution in [0.2, 0.25) is 0 Å². The number of halogens is 1. The Morgan fingerprint density at radius 3 is 2.82 bits per heavy atom. The van der Waals surface area contributed by atoms with Gasteiger partial charge in [0.25, 0.3) is 0 Å². The van der Waals surface area contributed by atoms with Gasteiger partial charge in [-0.1, -0.05) is 25.2 Å². The zero-order chi connectivity index (χ0) is 16.1. The summed E-state index contributed by atoms with van der Waals surface area (Å²) < 4.78 is 18.4. The first-order valence-corrected chi connectivity index (χ1v) is 7.74. The van der Waals surface area contributed by atoms with E-state index in [2.05, 4.69) is 29.4 Å². The van der Waals surface area contributed by atoms with E-state index in [4.69, 9.17) is 4.74 Å². The van der Waals surface area contributed by atoms with Crippen LogP contribution >= 0.6 is 11.3 Å². The molecule has 0 unspecified atom stereocenters. The maximum atomic E-state index is 13.6. The molecule has 0 radical (unpaired) electrons. The van der Waals surface area contributed by atoms with Crippen molar-refractivity contribution in [3.8, 4) is 5.75 Å². The number of rotatable bonds is 7. The van der Waals surface area contributed by atoms with Gasteiger partial charge in [-0.25, -0.2) is 4.39 Å². The minimum absolute atomic E-state index is 0.0437. The first-order chi connectivity index (χ1) is 10.5. The van der Waals surface area contributed by atoms with Gasteiger partial charge in [-0.3, -0.25) is 4.79 Å². The van der Waals surface area contributed by atoms with Gasteiger partial charge in [-0.05, 0) is 24.1 Å². The molecular weight excluding hydrogens is 305 g/mol. The zero-order valence-electron chi connectivity index (χ0n) is 12.7. The van der Waals surface area contributed by atoms with Crippen molar-refractivity contribution in [2.75, 3.05) is 19.0 Å². The fourth-order valence-corrected chi connectivity index (χ4v) is 2.80. The molecule has 0 bridgehead atoms. The molecule has 22 heavy (non-hydrogen) atoms. The average molecular weight is 323 g/mol. The lowest BCUT2D eigenvalue weighted by Crippen LogP contribution is -2.14. The topological polar surface area (TPSA) is 64.1 Å². The number of nitrogens with zero attached hydrogens (tertiary/aromatic N) is 2. The molecule has 0 aliphatic heterocycles. The van der Waals surface area contributed by atoms with Gasteiger partial charge in [0.2, 0.25) is 5.13 Å². The molecule has 7 heteroatoms. The van der Waals surface area contributed by atoms with Crippen molar-refractivity contribution in [3.63, 3.8) is 0 Å². The Balaban J connectivity index is 1.95. The summed E-state index contributed by atoms with van der Waals surface area (Å²) in [5.74, 6) is -0.151. The molecule has 2 rings (SSSR count). The molecule has 0 atom stereocenters. The molecule has 2 aromatic rings. The fraction of sp³-hybridized carbons (Fsp3) is 0.400. The normalized spacial score (nSPS) is 10.8. The minimum Gasteiger partial charge on any atom is -0.494 e. The van der Waals surface area contributed by atoms with E-state index >= 15 is 0 Å². The van der Waals surface area contributed by atoms with Crippen molar-refractivity contribution in [1.82, 2.24) is 10.2 Å². The number of Topliss-reactive ketones (excluding diaryl/α,β-unsaturated/α-hetero) is 1. The molecule has 0 saturated heterocycles. The van der Waals surface area contributed by atoms with E-state index in [9.17, 15) is 9.18 Å². The SMILES string of the molecule is COc1ccc(C(=O)CNc2nnc(CC(C)C)s2)cc1F. The van der Waals surface area contributed by atoms with Crippen molar-refractivity contribution < 1.29 is 13.9 Å². The summed E-state index contributed by atoms with van der Waals surface area (Å²) in [6, 6.07) is 4.15. The maximum absolute atomic E-state index is 13.6. The van der Waals surface area contributed by atoms with Crippen LogP contribution in [0.15, 0.2) is 18.2 Å². The van der Waals surface area contributed by atoms with Crippen LogP contribution < -0.4 is 10.1 Å². The lowest BCUT2D eigenvalue weighted by atomic mass is 10.1. The Kier molecular flexibility index (Phi) is 5.43. The summed E-state index contributed by atoms with van der Waals surface area (Å²) in [5, 5.41) is 12.5. The highest BCUT2D eigenvalue weighted by atomic mass is 32.1. The smallest absolute Gasteiger partial charge is 0.206 e. The summed E-state index contributed by atoms with van der Waals surface area (Å²) in [6.07, 6.45) is 0.858. The number of hydrogen-bond donors (Lipinski definition) is 1. The summed E-state index contributed by atoms with van der Waals surface area (Å²) in [5.41, 5.74) is 0.290. The van der Waals surface area contributed by atoms with Crippen LogP contribution in [-0.2, 0) is 6.42 Å². The summed E-state index contributed by atoms with van der Waals surface area (Å²) in [7, 11) is 1.38. The van der Waals surface area contributed by atoms with Crippen molar-refractivity contribution in [2.24, 2.45) is 5.92 Å². The quantitative estimate of drug-likeness (QED) is 0.793. The molecule has 0 aliphatic carbocycles. The molecular formula is C15H18FN3O2S. The number of ketones is 1. The van der Waals surface area contributed by atoms with Crippen LogP contribution in [-0.4, -0.2) is 29.6 Å². The molecule has 1 aromatic heterocycles. The molecule has 0 amide bonds. The molecule has 5 nitrogen and oxygen atoms in total. The van der Waals surface area contributed by atoms with E-state index in [1.54, 1.807) is 0 Å². The largest absolute Gasteiger partial charge is 0.494 e. The number of carbonyl (C=O) groups is 1. The predicted molar refractivity (Wildman–Crippen MR) is 84.2 cm³/mol. The van der Waals surface area contributed by atoms with E-state index in [-0.39, 0.29) is 23.6 Å². The third-order valence-electron chi connectivity index (χ3n) is 2.92. The highest BCUT2D eigenvalue weighted by molar-refractivity contribution is 7.15. The monoisotopic (exact) mass is 323 g/mol. The van der Waals surface area contributed by atoms with Crippen molar-refractivity contribution in [2.45, 2.75) is 20.3 Å². The second-order valence-electron chi connectivity index (χ2n) is 5.22. The highest BCUT2D eigenvalue weighted by Crippen LogP contribution is 2.20. The van der Waals surface area contributed by atoms with Gasteiger partial charge in [0.15, 0.2) is 17.3 Å². The number of hydrogen-bond acceptors (Lipinski definition) is 6. The second kappa shape index (κ2) is 7.31. The first-order valence-electron chi connectivity index (χ1n) is 6.92. The summed E-state index contributed by atoms with van der Waals surface area (Å²) in [6.45, 7) is 4.26. The van der Waals surface area contributed by atoms with Gasteiger partial charge < -0.3 is 10.1 Å². The first kappa shape index (κ1) is 16.4. The van der Waals surface area contributed by atoms with Gasteiger partial charge in [0.1, 0.15) is 5.01 Å². The number of anilines is 1. The van der Waals surface area contributed by atoms with Gasteiger partial charge in [-0.2, -0.15) is 0 Å². The van der Waals surface area contributed by atoms with E-state index in [1.807, 2.05) is 0 Å². The second-order valence-corrected chi connectivity index (χ2v) is 6.29. The Morgan fingerprint density at radius 2 is 2.18 bits per heavy atom. The lowest BCUT2D eigenvalue weighted by Gasteiger charge is -2.05. The van der Waals surface area contributed by atoms with Gasteiger partial charge in [-0.15, -0.1) is 10.2 Å². The van der Waals surface area contributed by atoms with E-state index in [0.29, 0.717) is 11.0 Å². The van der Waals surface area contributed by atoms with Crippen molar-refractivity contribution in [3.05, 3.63) is 34.6 Å². The van der Waals surface area contributed by atoms with Gasteiger partial charge in [0.05, 0.1) is 13.7 Å². The molecule has 0 spiro atoms. The van der Waals surface area contributed by atoms with E-state index in [0.717, 1.165) is 11.4 Å². The number of carbonyl (C=O) groups excluding carboxylic acids is 1. The Morgan fingerprint density at radius 1 is 1.41 bits per heavy atom. The van der Waals surface area contributed by atoms with Crippen LogP contribution in [0.4, 0.5) is 9.52 Å². The van der Waals surface area contributed by atoms with Crippen molar-refractivity contribution >= 4 is 22.3 Å². The Labute approximate surface area is 132 Å². The third kappa shape index (κ3) is 4.24. The zero-order valence-corrected chi connectivity index (χ0v) is 13.5. The lowest BCUT2D eigenvalue weighted by molar-refractivity contribution is 0.101. The number of benzene rings is 1. The molecule has 1 aromatic carbocycles. The van der Waals surface area contributed by atoms with Crippen LogP contribution in [0.1, 0.15) is 29.2 Å². The summed E-state index contributed by atoms with van der Waals surface area (Å²) >= 11 is 1.43. The Bertz CT molecular complexity index is 658. The molecule has 0 saturated carbocycles. The number of aromatic nitrogens is 2. The summed E-state index contributed by atoms with van der Waals surface area (Å²) in [4.78, 5) is 12.0. The van der Waals surface area contributed by atoms with Crippen LogP contribution in [0, 0.1) is 11.7 Å². The van der Waals surface area contributed by atoms with E-state index < -0.39 is 5.82 Å². The number of methoxy groups -OCH3 is 1. The van der Waals surface area contributed by atoms with Crippen LogP contribution in [0.25, 0.3) is 0 Å². The average Bonchev–Trinajstić information content (AvgIpc) is 2.91. The molecule has 0 fully saturated rings. The van der Waals surface area contributed by atoms with Gasteiger partial charge in [0, 0.05) is 12.0 Å². The highest BCUT2D eigenvalue weighted by Gasteiger charge is 2.12. The van der Waals surface area contributed by atoms with E-state index in [1.165, 1.54) is 36.6 Å². The molecule has 0 aliphatic rings. The third-order valence-corrected chi connectivity index (χ3v) is 3.83. The predicted octanol–water partition coefficient (Wildman–Crippen LogP) is 3.18. The van der Waals surface area contributed by atoms with Crippen LogP contribution in [0.3, 0.4) is 0 Å². The van der Waals surface area contributed by atoms with Crippen molar-refractivity contribution in [1.29, 1.82) is 0 Å². The number of ether oxygens (including phenoxy) is 1. The maximum Gasteiger partial charge on any atom is 0.206 e. The molecule has 1 N–H and O–H groups in total.